The second-order valence-electron chi connectivity index (χ2n) is 6.36. The molecule has 1 aliphatic heterocycles. The number of aliphatic hydroxyl groups excluding tert-OH is 1. The maximum absolute atomic E-state index is 12.7. The van der Waals surface area contributed by atoms with Crippen LogP contribution in [0.25, 0.3) is 0 Å². The molecule has 0 saturated carbocycles. The summed E-state index contributed by atoms with van der Waals surface area (Å²) in [5, 5.41) is 18.6. The lowest BCUT2D eigenvalue weighted by atomic mass is 9.96. The van der Waals surface area contributed by atoms with Crippen molar-refractivity contribution < 1.29 is 14.6 Å². The number of likely N-dealkylation sites (tertiary alicyclic amines) is 1. The number of nitrogens with zero attached hydrogens (tertiary/aromatic N) is 3. The first-order chi connectivity index (χ1) is 11.6. The van der Waals surface area contributed by atoms with Crippen LogP contribution in [0, 0.1) is 23.2 Å². The molecule has 1 aliphatic rings. The predicted octanol–water partition coefficient (Wildman–Crippen LogP) is 0.817. The molecule has 6 heteroatoms. The van der Waals surface area contributed by atoms with Crippen LogP contribution < -0.4 is 0 Å². The van der Waals surface area contributed by atoms with Gasteiger partial charge in [0, 0.05) is 51.4 Å². The zero-order valence-corrected chi connectivity index (χ0v) is 14.3. The van der Waals surface area contributed by atoms with Crippen LogP contribution in [0.4, 0.5) is 0 Å². The molecule has 0 spiro atoms. The van der Waals surface area contributed by atoms with Crippen molar-refractivity contribution in [3.8, 4) is 6.07 Å². The van der Waals surface area contributed by atoms with Gasteiger partial charge in [0.1, 0.15) is 0 Å². The summed E-state index contributed by atoms with van der Waals surface area (Å²) in [6, 6.07) is 8.82. The molecular weight excluding hydrogens is 306 g/mol. The Labute approximate surface area is 143 Å². The molecule has 0 unspecified atom stereocenters. The molecule has 130 valence electrons. The highest BCUT2D eigenvalue weighted by atomic mass is 16.5. The summed E-state index contributed by atoms with van der Waals surface area (Å²) >= 11 is 0. The Balaban J connectivity index is 2.02. The Bertz CT molecular complexity index is 599. The van der Waals surface area contributed by atoms with Crippen LogP contribution in [-0.4, -0.2) is 74.4 Å². The van der Waals surface area contributed by atoms with Gasteiger partial charge in [0.05, 0.1) is 18.2 Å². The van der Waals surface area contributed by atoms with E-state index in [1.54, 1.807) is 36.3 Å². The monoisotopic (exact) mass is 331 g/mol. The van der Waals surface area contributed by atoms with E-state index in [2.05, 4.69) is 11.0 Å². The summed E-state index contributed by atoms with van der Waals surface area (Å²) in [6.45, 7) is 3.55. The van der Waals surface area contributed by atoms with E-state index in [-0.39, 0.29) is 24.3 Å². The second-order valence-corrected chi connectivity index (χ2v) is 6.36. The van der Waals surface area contributed by atoms with E-state index in [0.717, 1.165) is 13.1 Å². The minimum absolute atomic E-state index is 0.0742. The van der Waals surface area contributed by atoms with Gasteiger partial charge >= 0.3 is 0 Å². The number of hydrogen-bond acceptors (Lipinski definition) is 5. The van der Waals surface area contributed by atoms with Crippen molar-refractivity contribution in [3.63, 3.8) is 0 Å². The van der Waals surface area contributed by atoms with Gasteiger partial charge in [0.15, 0.2) is 0 Å². The molecule has 1 amide bonds. The van der Waals surface area contributed by atoms with E-state index in [9.17, 15) is 9.90 Å². The Morgan fingerprint density at radius 2 is 2.21 bits per heavy atom. The molecule has 0 aromatic heterocycles. The normalized spacial score (nSPS) is 20.4. The standard InChI is InChI=1S/C18H25N3O3/c1-20(6-7-24-2)10-16-11-21(12-17(16)13-22)18(23)15-5-3-4-14(8-15)9-19/h3-5,8,16-17,22H,6-7,10-13H2,1-2H3/t16-,17-/m1/s1. The molecule has 0 aliphatic carbocycles. The van der Waals surface area contributed by atoms with Gasteiger partial charge < -0.3 is 19.6 Å². The zero-order valence-electron chi connectivity index (χ0n) is 14.3. The second kappa shape index (κ2) is 8.78. The van der Waals surface area contributed by atoms with Gasteiger partial charge in [0.25, 0.3) is 5.91 Å². The number of likely N-dealkylation sites (N-methyl/N-ethyl adjacent to an activating group) is 1. The van der Waals surface area contributed by atoms with Crippen LogP contribution in [0.15, 0.2) is 24.3 Å². The Hall–Kier alpha value is -1.94. The number of carbonyl (C=O) groups excluding carboxylic acids is 1. The van der Waals surface area contributed by atoms with Gasteiger partial charge in [-0.25, -0.2) is 0 Å². The summed E-state index contributed by atoms with van der Waals surface area (Å²) in [4.78, 5) is 16.6. The van der Waals surface area contributed by atoms with Gasteiger partial charge in [-0.2, -0.15) is 5.26 Å². The van der Waals surface area contributed by atoms with Crippen molar-refractivity contribution in [3.05, 3.63) is 35.4 Å². The fourth-order valence-corrected chi connectivity index (χ4v) is 3.16. The van der Waals surface area contributed by atoms with Gasteiger partial charge in [-0.15, -0.1) is 0 Å². The van der Waals surface area contributed by atoms with Crippen molar-refractivity contribution in [2.24, 2.45) is 11.8 Å². The van der Waals surface area contributed by atoms with Crippen LogP contribution in [0.3, 0.4) is 0 Å². The number of benzene rings is 1. The summed E-state index contributed by atoms with van der Waals surface area (Å²) in [5.41, 5.74) is 1.01. The molecule has 1 aromatic rings. The van der Waals surface area contributed by atoms with Crippen LogP contribution in [-0.2, 0) is 4.74 Å². The van der Waals surface area contributed by atoms with E-state index in [1.807, 2.05) is 7.05 Å². The van der Waals surface area contributed by atoms with Crippen LogP contribution >= 0.6 is 0 Å². The van der Waals surface area contributed by atoms with E-state index >= 15 is 0 Å². The number of aliphatic hydroxyl groups is 1. The van der Waals surface area contributed by atoms with Crippen LogP contribution in [0.1, 0.15) is 15.9 Å². The highest BCUT2D eigenvalue weighted by molar-refractivity contribution is 5.94. The van der Waals surface area contributed by atoms with Gasteiger partial charge in [-0.1, -0.05) is 6.07 Å². The lowest BCUT2D eigenvalue weighted by Crippen LogP contribution is -2.33. The van der Waals surface area contributed by atoms with Gasteiger partial charge in [-0.3, -0.25) is 4.79 Å². The molecule has 24 heavy (non-hydrogen) atoms. The maximum Gasteiger partial charge on any atom is 0.253 e. The number of hydrogen-bond donors (Lipinski definition) is 1. The molecule has 1 heterocycles. The molecular formula is C18H25N3O3. The largest absolute Gasteiger partial charge is 0.396 e. The Kier molecular flexibility index (Phi) is 6.73. The third-order valence-corrected chi connectivity index (χ3v) is 4.56. The fourth-order valence-electron chi connectivity index (χ4n) is 3.16. The number of ether oxygens (including phenoxy) is 1. The number of methoxy groups -OCH3 is 1. The van der Waals surface area contributed by atoms with Crippen molar-refractivity contribution in [1.82, 2.24) is 9.80 Å². The fraction of sp³-hybridized carbons (Fsp3) is 0.556. The van der Waals surface area contributed by atoms with E-state index < -0.39 is 0 Å². The summed E-state index contributed by atoms with van der Waals surface area (Å²) in [5.74, 6) is 0.241. The molecule has 6 nitrogen and oxygen atoms in total. The molecule has 0 bridgehead atoms. The first-order valence-corrected chi connectivity index (χ1v) is 8.16. The quantitative estimate of drug-likeness (QED) is 0.800. The average Bonchev–Trinajstić information content (AvgIpc) is 3.02. The van der Waals surface area contributed by atoms with Crippen LogP contribution in [0.5, 0.6) is 0 Å². The number of nitriles is 1. The minimum Gasteiger partial charge on any atom is -0.396 e. The molecule has 1 fully saturated rings. The van der Waals surface area contributed by atoms with Crippen molar-refractivity contribution >= 4 is 5.91 Å². The summed E-state index contributed by atoms with van der Waals surface area (Å²) in [7, 11) is 3.70. The Morgan fingerprint density at radius 3 is 2.88 bits per heavy atom. The van der Waals surface area contributed by atoms with Gasteiger partial charge in [0.2, 0.25) is 0 Å². The molecule has 2 rings (SSSR count). The van der Waals surface area contributed by atoms with Crippen molar-refractivity contribution in [2.45, 2.75) is 0 Å². The van der Waals surface area contributed by atoms with Crippen LogP contribution in [0.2, 0.25) is 0 Å². The first-order valence-electron chi connectivity index (χ1n) is 8.16. The molecule has 1 aromatic carbocycles. The highest BCUT2D eigenvalue weighted by Crippen LogP contribution is 2.25. The van der Waals surface area contributed by atoms with Crippen molar-refractivity contribution in [1.29, 1.82) is 5.26 Å². The smallest absolute Gasteiger partial charge is 0.253 e. The summed E-state index contributed by atoms with van der Waals surface area (Å²) < 4.78 is 5.09. The molecule has 1 saturated heterocycles. The third-order valence-electron chi connectivity index (χ3n) is 4.56. The van der Waals surface area contributed by atoms with E-state index in [1.165, 1.54) is 0 Å². The van der Waals surface area contributed by atoms with Gasteiger partial charge in [-0.05, 0) is 31.2 Å². The lowest BCUT2D eigenvalue weighted by molar-refractivity contribution is 0.0778. The third kappa shape index (κ3) is 4.54. The van der Waals surface area contributed by atoms with Crippen molar-refractivity contribution in [2.75, 3.05) is 53.6 Å². The molecule has 0 radical (unpaired) electrons. The highest BCUT2D eigenvalue weighted by Gasteiger charge is 2.35. The Morgan fingerprint density at radius 1 is 1.46 bits per heavy atom. The average molecular weight is 331 g/mol. The van der Waals surface area contributed by atoms with E-state index in [0.29, 0.717) is 30.8 Å². The lowest BCUT2D eigenvalue weighted by Gasteiger charge is -2.23. The predicted molar refractivity (Wildman–Crippen MR) is 90.5 cm³/mol. The number of carbonyl (C=O) groups is 1. The molecule has 2 atom stereocenters. The molecule has 1 N–H and O–H groups in total. The topological polar surface area (TPSA) is 76.8 Å². The minimum atomic E-state index is -0.0763. The zero-order chi connectivity index (χ0) is 17.5. The number of amides is 1. The summed E-state index contributed by atoms with van der Waals surface area (Å²) in [6.07, 6.45) is 0. The first kappa shape index (κ1) is 18.4. The van der Waals surface area contributed by atoms with E-state index in [4.69, 9.17) is 10.00 Å². The number of rotatable bonds is 7. The maximum atomic E-state index is 12.7. The SMILES string of the molecule is COCCN(C)C[C@@H]1CN(C(=O)c2cccc(C#N)c2)C[C@@H]1CO.